The van der Waals surface area contributed by atoms with Crippen LogP contribution < -0.4 is 0 Å². The highest BCUT2D eigenvalue weighted by molar-refractivity contribution is 6.69. The lowest BCUT2D eigenvalue weighted by Gasteiger charge is -2.47. The van der Waals surface area contributed by atoms with Crippen LogP contribution in [0.5, 0.6) is 0 Å². The molecule has 1 unspecified atom stereocenters. The summed E-state index contributed by atoms with van der Waals surface area (Å²) in [5.74, 6) is -8.60. The van der Waals surface area contributed by atoms with Gasteiger partial charge in [0.1, 0.15) is 0 Å². The van der Waals surface area contributed by atoms with Gasteiger partial charge in [-0.1, -0.05) is 46.4 Å². The lowest BCUT2D eigenvalue weighted by Crippen LogP contribution is -2.63. The Morgan fingerprint density at radius 2 is 1.31 bits per heavy atom. The van der Waals surface area contributed by atoms with E-state index in [-0.39, 0.29) is 39.7 Å². The van der Waals surface area contributed by atoms with E-state index in [9.17, 15) is 35.5 Å². The summed E-state index contributed by atoms with van der Waals surface area (Å²) < 4.78 is 109. The normalized spacial score (nSPS) is 21.5. The molecule has 0 saturated carbocycles. The van der Waals surface area contributed by atoms with Gasteiger partial charge in [-0.25, -0.2) is 8.78 Å². The molecule has 0 spiro atoms. The van der Waals surface area contributed by atoms with Crippen molar-refractivity contribution in [2.24, 2.45) is 0 Å². The fourth-order valence-electron chi connectivity index (χ4n) is 6.28. The van der Waals surface area contributed by atoms with Crippen molar-refractivity contribution in [3.63, 3.8) is 0 Å². The van der Waals surface area contributed by atoms with Crippen LogP contribution in [0.3, 0.4) is 0 Å². The highest BCUT2D eigenvalue weighted by Gasteiger charge is 2.75. The van der Waals surface area contributed by atoms with Crippen LogP contribution in [0.25, 0.3) is 21.8 Å². The minimum atomic E-state index is -5.33. The van der Waals surface area contributed by atoms with Gasteiger partial charge in [0.2, 0.25) is 5.78 Å². The Morgan fingerprint density at radius 1 is 0.796 bits per heavy atom. The monoisotopic (exact) mass is 792 g/mol. The summed E-state index contributed by atoms with van der Waals surface area (Å²) in [5.41, 5.74) is -3.15. The first kappa shape index (κ1) is 38.2. The zero-order valence-corrected chi connectivity index (χ0v) is 30.4. The van der Waals surface area contributed by atoms with Crippen LogP contribution in [0.4, 0.5) is 30.7 Å². The number of aromatic amines is 2. The zero-order chi connectivity index (χ0) is 36.3. The fourth-order valence-corrected chi connectivity index (χ4v) is 8.65. The Labute approximate surface area is 297 Å². The molecule has 2 aliphatic carbocycles. The highest BCUT2D eigenvalue weighted by Crippen LogP contribution is 2.59. The molecule has 2 aromatic heterocycles. The van der Waals surface area contributed by atoms with Gasteiger partial charge in [0.25, 0.3) is 11.5 Å². The van der Waals surface area contributed by atoms with E-state index in [4.69, 9.17) is 55.6 Å². The summed E-state index contributed by atoms with van der Waals surface area (Å²) in [6, 6.07) is 5.92. The van der Waals surface area contributed by atoms with E-state index in [1.54, 1.807) is 6.07 Å². The van der Waals surface area contributed by atoms with Gasteiger partial charge in [0.15, 0.2) is 8.32 Å². The maximum atomic E-state index is 14.8. The van der Waals surface area contributed by atoms with Crippen LogP contribution in [0.2, 0.25) is 39.7 Å². The molecule has 17 heteroatoms. The number of ketones is 1. The zero-order valence-electron chi connectivity index (χ0n) is 26.3. The third kappa shape index (κ3) is 7.23. The third-order valence-electron chi connectivity index (χ3n) is 8.35. The molecule has 2 N–H and O–H groups in total. The molecule has 4 aromatic rings. The minimum absolute atomic E-state index is 0.0505. The van der Waals surface area contributed by atoms with Gasteiger partial charge < -0.3 is 19.1 Å². The van der Waals surface area contributed by atoms with E-state index >= 15 is 0 Å². The molecule has 0 radical (unpaired) electrons. The number of benzene rings is 2. The van der Waals surface area contributed by atoms with Crippen molar-refractivity contribution in [2.75, 3.05) is 13.2 Å². The second-order valence-corrected chi connectivity index (χ2v) is 19.1. The number of ether oxygens (including phenoxy) is 1. The van der Waals surface area contributed by atoms with Crippen LogP contribution in [0.1, 0.15) is 53.0 Å². The van der Waals surface area contributed by atoms with Crippen LogP contribution in [-0.2, 0) is 27.6 Å². The second-order valence-electron chi connectivity index (χ2n) is 13.0. The number of aryl methyl sites for hydroxylation is 2. The number of halogens is 11. The Kier molecular flexibility index (Phi) is 10.5. The number of carbonyl (C=O) groups is 1. The molecule has 268 valence electrons. The van der Waals surface area contributed by atoms with Crippen molar-refractivity contribution >= 4 is 82.3 Å². The van der Waals surface area contributed by atoms with Crippen molar-refractivity contribution < 1.29 is 44.7 Å². The van der Waals surface area contributed by atoms with Crippen LogP contribution in [-0.4, -0.2) is 55.3 Å². The first-order chi connectivity index (χ1) is 22.6. The van der Waals surface area contributed by atoms with Gasteiger partial charge in [0.05, 0.1) is 32.5 Å². The summed E-state index contributed by atoms with van der Waals surface area (Å²) in [5, 5.41) is 1.97. The van der Waals surface area contributed by atoms with E-state index in [0.29, 0.717) is 31.9 Å². The molecule has 7 rings (SSSR count). The fraction of sp³-hybridized carbons (Fsp3) is 0.469. The Hall–Kier alpha value is -2.00. The molecule has 3 heterocycles. The summed E-state index contributed by atoms with van der Waals surface area (Å²) in [6.07, 6.45) is -4.35. The topological polar surface area (TPSA) is 67.1 Å². The SMILES string of the molecule is C1CCOC1.C[Si](C)(C)OC1(C(F)(F)F)c2[nH]c3c(Cl)cc(Cl)cc3c2CCC1(F)F.O=C1c2[nH]c3c(Cl)cc(Cl)cc3c2CCC1(F)F. The standard InChI is InChI=1S/C16H16Cl2F5NOSi.C12H7Cl2F2NO.C4H8O/c1-26(2,3)25-15(16(21,22)23)13-9(4-5-14(15,19)20)10-6-8(17)7-11(18)12(10)24-13;13-5-3-7-6-1-2-12(15,16)11(18)10(6)17-9(7)8(14)4-5;1-2-4-5-3-1/h6-7,24H,4-5H2,1-3H3;3-4,17H,1-2H2;1-4H2. The molecule has 3 aliphatic rings. The number of rotatable bonds is 2. The summed E-state index contributed by atoms with van der Waals surface area (Å²) in [6.45, 7) is 6.33. The molecule has 5 nitrogen and oxygen atoms in total. The van der Waals surface area contributed by atoms with Crippen LogP contribution >= 0.6 is 46.4 Å². The Morgan fingerprint density at radius 3 is 1.80 bits per heavy atom. The van der Waals surface area contributed by atoms with Gasteiger partial charge in [-0.2, -0.15) is 22.0 Å². The number of carbonyl (C=O) groups excluding carboxylic acids is 1. The van der Waals surface area contributed by atoms with Gasteiger partial charge in [-0.15, -0.1) is 0 Å². The van der Waals surface area contributed by atoms with Gasteiger partial charge in [-0.05, 0) is 80.7 Å². The molecule has 1 saturated heterocycles. The van der Waals surface area contributed by atoms with E-state index in [2.05, 4.69) is 9.97 Å². The predicted octanol–water partition coefficient (Wildman–Crippen LogP) is 11.7. The Bertz CT molecular complexity index is 1890. The molecule has 2 aromatic carbocycles. The summed E-state index contributed by atoms with van der Waals surface area (Å²) >= 11 is 23.9. The largest absolute Gasteiger partial charge is 0.428 e. The number of aromatic nitrogens is 2. The van der Waals surface area contributed by atoms with Crippen molar-refractivity contribution in [1.29, 1.82) is 0 Å². The molecule has 1 atom stereocenters. The quantitative estimate of drug-likeness (QED) is 0.157. The third-order valence-corrected chi connectivity index (χ3v) is 10.3. The van der Waals surface area contributed by atoms with E-state index in [0.717, 1.165) is 13.2 Å². The number of nitrogens with one attached hydrogen (secondary N) is 2. The first-order valence-electron chi connectivity index (χ1n) is 15.2. The number of Topliss-reactive ketones (excluding diaryl/α,β-unsaturated/α-hetero) is 1. The van der Waals surface area contributed by atoms with Gasteiger partial charge in [-0.3, -0.25) is 4.79 Å². The van der Waals surface area contributed by atoms with Crippen molar-refractivity contribution in [3.05, 3.63) is 66.9 Å². The average Bonchev–Trinajstić information content (AvgIpc) is 3.72. The molecular formula is C32H31Cl4F7N2O3Si. The smallest absolute Gasteiger partial charge is 0.395 e. The molecule has 1 fully saturated rings. The average molecular weight is 794 g/mol. The molecule has 0 bridgehead atoms. The number of alkyl halides is 7. The predicted molar refractivity (Wildman–Crippen MR) is 180 cm³/mol. The van der Waals surface area contributed by atoms with Gasteiger partial charge in [0, 0.05) is 46.9 Å². The van der Waals surface area contributed by atoms with Gasteiger partial charge >= 0.3 is 12.1 Å². The van der Waals surface area contributed by atoms with Crippen LogP contribution in [0.15, 0.2) is 24.3 Å². The molecule has 1 aliphatic heterocycles. The molecule has 0 amide bonds. The molecular weight excluding hydrogens is 763 g/mol. The second kappa shape index (κ2) is 13.5. The number of fused-ring (bicyclic) bond motifs is 6. The summed E-state index contributed by atoms with van der Waals surface area (Å²) in [7, 11) is -3.04. The minimum Gasteiger partial charge on any atom is -0.395 e. The lowest BCUT2D eigenvalue weighted by atomic mass is 9.79. The maximum Gasteiger partial charge on any atom is 0.428 e. The highest BCUT2D eigenvalue weighted by atomic mass is 35.5. The van der Waals surface area contributed by atoms with Crippen molar-refractivity contribution in [2.45, 2.75) is 81.8 Å². The number of hydrogen-bond acceptors (Lipinski definition) is 3. The van der Waals surface area contributed by atoms with E-state index in [1.165, 1.54) is 50.7 Å². The van der Waals surface area contributed by atoms with Crippen molar-refractivity contribution in [3.8, 4) is 0 Å². The number of hydrogen-bond donors (Lipinski definition) is 2. The van der Waals surface area contributed by atoms with Crippen LogP contribution in [0, 0.1) is 0 Å². The number of H-pyrrole nitrogens is 2. The lowest BCUT2D eigenvalue weighted by molar-refractivity contribution is -0.337. The first-order valence-corrected chi connectivity index (χ1v) is 20.2. The molecule has 49 heavy (non-hydrogen) atoms. The summed E-state index contributed by atoms with van der Waals surface area (Å²) in [4.78, 5) is 16.8. The van der Waals surface area contributed by atoms with E-state index in [1.807, 2.05) is 0 Å². The Balaban J connectivity index is 0.000000175. The van der Waals surface area contributed by atoms with E-state index < -0.39 is 56.3 Å². The van der Waals surface area contributed by atoms with Crippen molar-refractivity contribution in [1.82, 2.24) is 9.97 Å². The maximum absolute atomic E-state index is 14.8.